The van der Waals surface area contributed by atoms with Crippen LogP contribution in [0.25, 0.3) is 17.4 Å². The maximum atomic E-state index is 14.0. The predicted molar refractivity (Wildman–Crippen MR) is 180 cm³/mol. The summed E-state index contributed by atoms with van der Waals surface area (Å²) in [6.07, 6.45) is 1.47. The molecule has 0 aliphatic carbocycles. The zero-order chi connectivity index (χ0) is 32.5. The van der Waals surface area contributed by atoms with E-state index in [0.717, 1.165) is 16.7 Å². The number of aryl methyl sites for hydroxylation is 1. The summed E-state index contributed by atoms with van der Waals surface area (Å²) < 4.78 is 13.4. The van der Waals surface area contributed by atoms with Gasteiger partial charge in [0.2, 0.25) is 0 Å². The predicted octanol–water partition coefficient (Wildman–Crippen LogP) is 6.66. The van der Waals surface area contributed by atoms with E-state index in [1.807, 2.05) is 49.4 Å². The number of para-hydroxylation sites is 1. The number of allylic oxidation sites excluding steroid dienone is 1. The van der Waals surface area contributed by atoms with E-state index < -0.39 is 6.04 Å². The van der Waals surface area contributed by atoms with Crippen molar-refractivity contribution < 1.29 is 18.7 Å². The van der Waals surface area contributed by atoms with Crippen LogP contribution < -0.4 is 20.2 Å². The number of carbonyl (C=O) groups excluding carboxylic acids is 2. The minimum Gasteiger partial charge on any atom is -0.459 e. The highest BCUT2D eigenvalue weighted by Crippen LogP contribution is 2.32. The van der Waals surface area contributed by atoms with Crippen molar-refractivity contribution >= 4 is 46.6 Å². The largest absolute Gasteiger partial charge is 0.459 e. The van der Waals surface area contributed by atoms with E-state index in [1.54, 1.807) is 73.9 Å². The number of amides is 1. The summed E-state index contributed by atoms with van der Waals surface area (Å²) >= 11 is 7.42. The maximum Gasteiger partial charge on any atom is 0.338 e. The monoisotopic (exact) mass is 651 g/mol. The second-order valence-corrected chi connectivity index (χ2v) is 12.6. The Bertz CT molecular complexity index is 2180. The van der Waals surface area contributed by atoms with E-state index in [-0.39, 0.29) is 23.5 Å². The maximum absolute atomic E-state index is 14.0. The fourth-order valence-corrected chi connectivity index (χ4v) is 6.50. The first-order valence-corrected chi connectivity index (χ1v) is 15.8. The van der Waals surface area contributed by atoms with Gasteiger partial charge >= 0.3 is 5.97 Å². The summed E-state index contributed by atoms with van der Waals surface area (Å²) in [4.78, 5) is 45.2. The molecule has 0 saturated carbocycles. The Kier molecular flexibility index (Phi) is 8.62. The topological polar surface area (TPSA) is 103 Å². The van der Waals surface area contributed by atoms with Crippen molar-refractivity contribution in [1.29, 1.82) is 0 Å². The molecule has 1 N–H and O–H groups in total. The molecule has 1 aliphatic heterocycles. The van der Waals surface area contributed by atoms with Crippen molar-refractivity contribution in [1.82, 2.24) is 4.57 Å². The third kappa shape index (κ3) is 6.24. The summed E-state index contributed by atoms with van der Waals surface area (Å²) in [7, 11) is 0. The van der Waals surface area contributed by atoms with E-state index in [9.17, 15) is 14.4 Å². The number of hydrogen-bond acceptors (Lipinski definition) is 7. The third-order valence-electron chi connectivity index (χ3n) is 7.45. The van der Waals surface area contributed by atoms with Crippen molar-refractivity contribution in [2.24, 2.45) is 4.99 Å². The van der Waals surface area contributed by atoms with Gasteiger partial charge in [0, 0.05) is 22.3 Å². The van der Waals surface area contributed by atoms with Gasteiger partial charge in [-0.15, -0.1) is 0 Å². The minimum atomic E-state index is -0.727. The van der Waals surface area contributed by atoms with Gasteiger partial charge in [0.05, 0.1) is 33.5 Å². The molecule has 0 bridgehead atoms. The van der Waals surface area contributed by atoms with Gasteiger partial charge in [0.1, 0.15) is 11.5 Å². The molecule has 8 nitrogen and oxygen atoms in total. The summed E-state index contributed by atoms with van der Waals surface area (Å²) in [5, 5.41) is 3.49. The highest BCUT2D eigenvalue weighted by molar-refractivity contribution is 7.07. The molecule has 3 heterocycles. The lowest BCUT2D eigenvalue weighted by Gasteiger charge is -2.25. The van der Waals surface area contributed by atoms with Crippen LogP contribution in [0.4, 0.5) is 5.69 Å². The summed E-state index contributed by atoms with van der Waals surface area (Å²) in [6.45, 7) is 7.28. The summed E-state index contributed by atoms with van der Waals surface area (Å²) in [6, 6.07) is 24.4. The molecule has 10 heteroatoms. The molecule has 6 rings (SSSR count). The number of hydrogen-bond donors (Lipinski definition) is 1. The first-order chi connectivity index (χ1) is 22.1. The SMILES string of the molecule is CC1=C(C(=O)Nc2ccccc2)[C@H](c2ccc(Cl)cc2)n2c(s/c(=C/c3ccc(-c4ccc(C(=O)OC(C)C)cc4C)o3)c2=O)=N1. The smallest absolute Gasteiger partial charge is 0.338 e. The fourth-order valence-electron chi connectivity index (χ4n) is 5.35. The Morgan fingerprint density at radius 1 is 1.02 bits per heavy atom. The first kappa shape index (κ1) is 31.0. The molecule has 0 spiro atoms. The molecule has 0 saturated heterocycles. The van der Waals surface area contributed by atoms with Gasteiger partial charge < -0.3 is 14.5 Å². The van der Waals surface area contributed by atoms with E-state index in [4.69, 9.17) is 25.7 Å². The van der Waals surface area contributed by atoms with Crippen molar-refractivity contribution in [3.05, 3.63) is 143 Å². The van der Waals surface area contributed by atoms with Gasteiger partial charge in [-0.05, 0) is 87.4 Å². The number of anilines is 1. The number of thiazole rings is 1. The molecule has 0 radical (unpaired) electrons. The first-order valence-electron chi connectivity index (χ1n) is 14.7. The fraction of sp³-hybridized carbons (Fsp3) is 0.167. The van der Waals surface area contributed by atoms with Gasteiger partial charge in [-0.2, -0.15) is 0 Å². The standard InChI is InChI=1S/C36H30ClN3O5S/c1-20(2)44-35(43)24-12-16-28(21(3)18-24)29-17-15-27(45-29)19-30-34(42)40-32(23-10-13-25(37)14-11-23)31(22(4)38-36(40)46-30)33(41)39-26-8-6-5-7-9-26/h5-20,32H,1-4H3,(H,39,41)/b30-19+/t32-/m0/s1. The molecule has 2 aromatic heterocycles. The Morgan fingerprint density at radius 3 is 2.46 bits per heavy atom. The zero-order valence-electron chi connectivity index (χ0n) is 25.5. The van der Waals surface area contributed by atoms with Crippen LogP contribution in [-0.4, -0.2) is 22.5 Å². The Balaban J connectivity index is 1.38. The number of furan rings is 1. The van der Waals surface area contributed by atoms with Crippen LogP contribution in [-0.2, 0) is 9.53 Å². The third-order valence-corrected chi connectivity index (χ3v) is 8.69. The quantitative estimate of drug-likeness (QED) is 0.198. The molecular formula is C36H30ClN3O5S. The second-order valence-electron chi connectivity index (χ2n) is 11.1. The Labute approximate surface area is 273 Å². The van der Waals surface area contributed by atoms with Crippen LogP contribution in [0.15, 0.2) is 110 Å². The lowest BCUT2D eigenvalue weighted by Crippen LogP contribution is -2.40. The molecule has 1 amide bonds. The van der Waals surface area contributed by atoms with Crippen LogP contribution in [0, 0.1) is 6.92 Å². The average Bonchev–Trinajstić information content (AvgIpc) is 3.60. The van der Waals surface area contributed by atoms with Crippen LogP contribution in [0.3, 0.4) is 0 Å². The minimum absolute atomic E-state index is 0.213. The van der Waals surface area contributed by atoms with Gasteiger partial charge in [-0.1, -0.05) is 59.3 Å². The van der Waals surface area contributed by atoms with Crippen LogP contribution in [0.1, 0.15) is 54.1 Å². The highest BCUT2D eigenvalue weighted by atomic mass is 35.5. The number of aromatic nitrogens is 1. The molecule has 0 unspecified atom stereocenters. The number of nitrogens with one attached hydrogen (secondary N) is 1. The van der Waals surface area contributed by atoms with E-state index in [1.165, 1.54) is 11.3 Å². The highest BCUT2D eigenvalue weighted by Gasteiger charge is 2.32. The van der Waals surface area contributed by atoms with Crippen molar-refractivity contribution in [3.63, 3.8) is 0 Å². The molecular weight excluding hydrogens is 622 g/mol. The lowest BCUT2D eigenvalue weighted by atomic mass is 9.95. The van der Waals surface area contributed by atoms with E-state index in [2.05, 4.69) is 5.32 Å². The van der Waals surface area contributed by atoms with Crippen LogP contribution in [0.5, 0.6) is 0 Å². The average molecular weight is 652 g/mol. The number of rotatable bonds is 7. The van der Waals surface area contributed by atoms with Gasteiger partial charge in [0.25, 0.3) is 11.5 Å². The number of halogens is 1. The van der Waals surface area contributed by atoms with Crippen molar-refractivity contribution in [2.45, 2.75) is 39.8 Å². The number of esters is 1. The van der Waals surface area contributed by atoms with Crippen molar-refractivity contribution in [3.8, 4) is 11.3 Å². The van der Waals surface area contributed by atoms with Crippen LogP contribution in [0.2, 0.25) is 5.02 Å². The number of carbonyl (C=O) groups is 2. The molecule has 46 heavy (non-hydrogen) atoms. The molecule has 232 valence electrons. The summed E-state index contributed by atoms with van der Waals surface area (Å²) in [5.41, 5.74) is 4.05. The van der Waals surface area contributed by atoms with Gasteiger partial charge in [-0.25, -0.2) is 9.79 Å². The molecule has 0 fully saturated rings. The number of ether oxygens (including phenoxy) is 1. The molecule has 5 aromatic rings. The summed E-state index contributed by atoms with van der Waals surface area (Å²) in [5.74, 6) is 0.336. The zero-order valence-corrected chi connectivity index (χ0v) is 27.1. The van der Waals surface area contributed by atoms with E-state index >= 15 is 0 Å². The number of nitrogens with zero attached hydrogens (tertiary/aromatic N) is 2. The van der Waals surface area contributed by atoms with E-state index in [0.29, 0.717) is 48.4 Å². The normalized spacial score (nSPS) is 14.7. The number of benzene rings is 3. The van der Waals surface area contributed by atoms with Crippen molar-refractivity contribution in [2.75, 3.05) is 5.32 Å². The Hall–Kier alpha value is -4.99. The second kappa shape index (κ2) is 12.8. The van der Waals surface area contributed by atoms with Gasteiger partial charge in [0.15, 0.2) is 4.80 Å². The molecule has 1 aliphatic rings. The Morgan fingerprint density at radius 2 is 1.76 bits per heavy atom. The number of fused-ring (bicyclic) bond motifs is 1. The lowest BCUT2D eigenvalue weighted by molar-refractivity contribution is -0.113. The molecule has 1 atom stereocenters. The molecule has 3 aromatic carbocycles. The van der Waals surface area contributed by atoms with Gasteiger partial charge in [-0.3, -0.25) is 14.2 Å². The van der Waals surface area contributed by atoms with Crippen LogP contribution >= 0.6 is 22.9 Å².